The lowest BCUT2D eigenvalue weighted by Gasteiger charge is -2.29. The molecule has 3 aromatic rings. The van der Waals surface area contributed by atoms with E-state index in [0.29, 0.717) is 32.9 Å². The minimum atomic E-state index is -0.844. The first-order valence-corrected chi connectivity index (χ1v) is 14.1. The van der Waals surface area contributed by atoms with Crippen molar-refractivity contribution < 1.29 is 24.1 Å². The van der Waals surface area contributed by atoms with Gasteiger partial charge >= 0.3 is 5.97 Å². The number of aliphatic carboxylic acids is 1. The van der Waals surface area contributed by atoms with Crippen LogP contribution in [0.3, 0.4) is 0 Å². The predicted octanol–water partition coefficient (Wildman–Crippen LogP) is 3.61. The van der Waals surface area contributed by atoms with Crippen LogP contribution in [-0.2, 0) is 27.1 Å². The summed E-state index contributed by atoms with van der Waals surface area (Å²) in [6, 6.07) is 7.32. The highest BCUT2D eigenvalue weighted by molar-refractivity contribution is 5.88. The lowest BCUT2D eigenvalue weighted by molar-refractivity contribution is -0.143. The number of carboxylic acids is 1. The largest absolute Gasteiger partial charge is 0.496 e. The van der Waals surface area contributed by atoms with E-state index in [1.54, 1.807) is 7.11 Å². The molecule has 0 radical (unpaired) electrons. The standard InChI is InChI=1S/C29H37N5O5/c1-37-25-14-20(32-28-23(25)9-5-11-30-28)7-2-3-13-39-22-10-12-33(16-22)27(29(35)36)24-8-4-6-19-15-31-34(26(19)24)21-17-38-18-21/h4,6,8,14-15,21-22,27H,2-3,5,7,9-13,16-18H2,1H3,(H,30,32)(H,35,36)/t22-,27?/m1/s1. The Morgan fingerprint density at radius 3 is 3.00 bits per heavy atom. The Kier molecular flexibility index (Phi) is 7.67. The smallest absolute Gasteiger partial charge is 0.325 e. The number of pyridine rings is 1. The number of carboxylic acid groups (broad SMARTS) is 1. The van der Waals surface area contributed by atoms with Crippen LogP contribution in [0.15, 0.2) is 30.5 Å². The molecule has 0 saturated carbocycles. The molecular formula is C29H37N5O5. The van der Waals surface area contributed by atoms with Gasteiger partial charge in [0, 0.05) is 54.5 Å². The van der Waals surface area contributed by atoms with Gasteiger partial charge in [0.25, 0.3) is 0 Å². The molecule has 2 saturated heterocycles. The van der Waals surface area contributed by atoms with Gasteiger partial charge in [0.05, 0.1) is 44.2 Å². The van der Waals surface area contributed by atoms with Gasteiger partial charge in [-0.05, 0) is 38.5 Å². The summed E-state index contributed by atoms with van der Waals surface area (Å²) in [6.45, 7) is 4.11. The number of ether oxygens (including phenoxy) is 3. The fourth-order valence-corrected chi connectivity index (χ4v) is 6.03. The van der Waals surface area contributed by atoms with Crippen LogP contribution in [0.25, 0.3) is 10.9 Å². The van der Waals surface area contributed by atoms with E-state index < -0.39 is 12.0 Å². The van der Waals surface area contributed by atoms with Crippen molar-refractivity contribution in [2.45, 2.75) is 56.7 Å². The quantitative estimate of drug-likeness (QED) is 0.356. The highest BCUT2D eigenvalue weighted by Gasteiger charge is 2.36. The summed E-state index contributed by atoms with van der Waals surface area (Å²) in [6.07, 6.45) is 7.54. The summed E-state index contributed by atoms with van der Waals surface area (Å²) >= 11 is 0. The number of nitrogens with one attached hydrogen (secondary N) is 1. The van der Waals surface area contributed by atoms with Crippen molar-refractivity contribution >= 4 is 22.7 Å². The number of methoxy groups -OCH3 is 1. The number of likely N-dealkylation sites (tertiary alicyclic amines) is 1. The number of hydrogen-bond acceptors (Lipinski definition) is 8. The minimum absolute atomic E-state index is 0.0298. The van der Waals surface area contributed by atoms with Gasteiger partial charge in [-0.25, -0.2) is 4.98 Å². The third kappa shape index (κ3) is 5.33. The van der Waals surface area contributed by atoms with E-state index in [1.165, 1.54) is 5.56 Å². The van der Waals surface area contributed by atoms with Gasteiger partial charge in [0.1, 0.15) is 17.6 Å². The Balaban J connectivity index is 1.04. The number of para-hydroxylation sites is 1. The van der Waals surface area contributed by atoms with Crippen LogP contribution >= 0.6 is 0 Å². The van der Waals surface area contributed by atoms with Gasteiger partial charge in [-0.2, -0.15) is 5.10 Å². The van der Waals surface area contributed by atoms with Gasteiger partial charge in [-0.3, -0.25) is 14.4 Å². The molecule has 39 heavy (non-hydrogen) atoms. The average Bonchev–Trinajstić information content (AvgIpc) is 3.55. The van der Waals surface area contributed by atoms with Crippen LogP contribution in [0, 0.1) is 0 Å². The molecule has 10 nitrogen and oxygen atoms in total. The molecule has 2 aromatic heterocycles. The zero-order chi connectivity index (χ0) is 26.8. The Hall–Kier alpha value is -3.21. The molecule has 1 aromatic carbocycles. The van der Waals surface area contributed by atoms with E-state index in [9.17, 15) is 9.90 Å². The fraction of sp³-hybridized carbons (Fsp3) is 0.552. The molecule has 3 aliphatic rings. The van der Waals surface area contributed by atoms with Crippen molar-refractivity contribution in [1.82, 2.24) is 19.7 Å². The van der Waals surface area contributed by atoms with E-state index in [-0.39, 0.29) is 12.1 Å². The van der Waals surface area contributed by atoms with E-state index in [1.807, 2.05) is 34.0 Å². The number of benzene rings is 1. The molecule has 5 heterocycles. The Labute approximate surface area is 228 Å². The number of carbonyl (C=O) groups is 1. The Morgan fingerprint density at radius 2 is 2.21 bits per heavy atom. The van der Waals surface area contributed by atoms with E-state index in [4.69, 9.17) is 19.2 Å². The zero-order valence-corrected chi connectivity index (χ0v) is 22.5. The molecule has 6 rings (SSSR count). The molecule has 0 spiro atoms. The van der Waals surface area contributed by atoms with E-state index in [0.717, 1.165) is 78.8 Å². The number of unbranched alkanes of at least 4 members (excludes halogenated alkanes) is 1. The van der Waals surface area contributed by atoms with Crippen LogP contribution in [0.1, 0.15) is 54.6 Å². The van der Waals surface area contributed by atoms with Crippen molar-refractivity contribution in [2.75, 3.05) is 51.9 Å². The van der Waals surface area contributed by atoms with Crippen molar-refractivity contribution in [2.24, 2.45) is 0 Å². The highest BCUT2D eigenvalue weighted by Crippen LogP contribution is 2.34. The minimum Gasteiger partial charge on any atom is -0.496 e. The Morgan fingerprint density at radius 1 is 1.31 bits per heavy atom. The van der Waals surface area contributed by atoms with Gasteiger partial charge in [-0.1, -0.05) is 18.2 Å². The maximum atomic E-state index is 12.5. The van der Waals surface area contributed by atoms with Crippen LogP contribution in [0.4, 0.5) is 5.82 Å². The molecule has 0 bridgehead atoms. The molecule has 2 fully saturated rings. The number of hydrogen-bond donors (Lipinski definition) is 2. The summed E-state index contributed by atoms with van der Waals surface area (Å²) in [4.78, 5) is 19.4. The van der Waals surface area contributed by atoms with Crippen LogP contribution < -0.4 is 10.1 Å². The van der Waals surface area contributed by atoms with Crippen LogP contribution in [0.5, 0.6) is 5.75 Å². The molecular weight excluding hydrogens is 498 g/mol. The fourth-order valence-electron chi connectivity index (χ4n) is 6.03. The molecule has 208 valence electrons. The first kappa shape index (κ1) is 26.0. The number of fused-ring (bicyclic) bond motifs is 2. The monoisotopic (exact) mass is 535 g/mol. The summed E-state index contributed by atoms with van der Waals surface area (Å²) in [7, 11) is 1.72. The lowest BCUT2D eigenvalue weighted by atomic mass is 10.0. The predicted molar refractivity (Wildman–Crippen MR) is 146 cm³/mol. The maximum absolute atomic E-state index is 12.5. The third-order valence-corrected chi connectivity index (χ3v) is 8.12. The first-order chi connectivity index (χ1) is 19.1. The SMILES string of the molecule is COc1cc(CCCCO[C@@H]2CCN(C(C(=O)O)c3cccc4cnn(C5COC5)c34)C2)nc2c1CCCN2. The number of aryl methyl sites for hydroxylation is 1. The second kappa shape index (κ2) is 11.5. The summed E-state index contributed by atoms with van der Waals surface area (Å²) in [5, 5.41) is 19.2. The third-order valence-electron chi connectivity index (χ3n) is 8.12. The summed E-state index contributed by atoms with van der Waals surface area (Å²) < 4.78 is 19.1. The van der Waals surface area contributed by atoms with E-state index in [2.05, 4.69) is 16.5 Å². The Bertz CT molecular complexity index is 1310. The number of anilines is 1. The van der Waals surface area contributed by atoms with Gasteiger partial charge < -0.3 is 24.6 Å². The van der Waals surface area contributed by atoms with Gasteiger partial charge in [-0.15, -0.1) is 0 Å². The van der Waals surface area contributed by atoms with Crippen LogP contribution in [-0.4, -0.2) is 83.4 Å². The molecule has 0 aliphatic carbocycles. The number of rotatable bonds is 11. The second-order valence-electron chi connectivity index (χ2n) is 10.7. The highest BCUT2D eigenvalue weighted by atomic mass is 16.5. The van der Waals surface area contributed by atoms with Crippen molar-refractivity contribution in [3.63, 3.8) is 0 Å². The first-order valence-electron chi connectivity index (χ1n) is 14.1. The topological polar surface area (TPSA) is 111 Å². The van der Waals surface area contributed by atoms with Crippen LogP contribution in [0.2, 0.25) is 0 Å². The van der Waals surface area contributed by atoms with E-state index >= 15 is 0 Å². The average molecular weight is 536 g/mol. The second-order valence-corrected chi connectivity index (χ2v) is 10.7. The molecule has 10 heteroatoms. The molecule has 3 aliphatic heterocycles. The summed E-state index contributed by atoms with van der Waals surface area (Å²) in [5.41, 5.74) is 3.90. The van der Waals surface area contributed by atoms with Crippen molar-refractivity contribution in [3.05, 3.63) is 47.3 Å². The number of nitrogens with zero attached hydrogens (tertiary/aromatic N) is 4. The number of aromatic nitrogens is 3. The maximum Gasteiger partial charge on any atom is 0.325 e. The molecule has 0 amide bonds. The lowest BCUT2D eigenvalue weighted by Crippen LogP contribution is -2.35. The van der Waals surface area contributed by atoms with Gasteiger partial charge in [0.2, 0.25) is 0 Å². The van der Waals surface area contributed by atoms with Crippen molar-refractivity contribution in [3.8, 4) is 5.75 Å². The normalized spacial score (nSPS) is 20.4. The molecule has 2 N–H and O–H groups in total. The summed E-state index contributed by atoms with van der Waals surface area (Å²) in [5.74, 6) is 1.05. The zero-order valence-electron chi connectivity index (χ0n) is 22.5. The van der Waals surface area contributed by atoms with Crippen molar-refractivity contribution in [1.29, 1.82) is 0 Å². The molecule has 2 atom stereocenters. The van der Waals surface area contributed by atoms with Gasteiger partial charge in [0.15, 0.2) is 0 Å². The molecule has 1 unspecified atom stereocenters.